The molecule has 136 valence electrons. The van der Waals surface area contributed by atoms with Crippen LogP contribution in [0, 0.1) is 5.82 Å². The number of halogens is 1. The summed E-state index contributed by atoms with van der Waals surface area (Å²) in [5, 5.41) is 2.42. The van der Waals surface area contributed by atoms with E-state index in [4.69, 9.17) is 4.74 Å². The van der Waals surface area contributed by atoms with Gasteiger partial charge in [0.25, 0.3) is 0 Å². The molecule has 0 fully saturated rings. The number of ether oxygens (including phenoxy) is 1. The van der Waals surface area contributed by atoms with Crippen molar-refractivity contribution in [2.45, 2.75) is 26.2 Å². The molecule has 0 aliphatic heterocycles. The lowest BCUT2D eigenvalue weighted by Crippen LogP contribution is -2.17. The van der Waals surface area contributed by atoms with E-state index in [9.17, 15) is 18.8 Å². The van der Waals surface area contributed by atoms with E-state index in [1.807, 2.05) is 37.3 Å². The van der Waals surface area contributed by atoms with E-state index in [1.165, 1.54) is 19.1 Å². The number of hydrogen-bond donors (Lipinski definition) is 1. The summed E-state index contributed by atoms with van der Waals surface area (Å²) in [6, 6.07) is 13.2. The number of esters is 1. The van der Waals surface area contributed by atoms with Gasteiger partial charge in [-0.1, -0.05) is 37.3 Å². The third kappa shape index (κ3) is 5.51. The predicted molar refractivity (Wildman–Crippen MR) is 95.5 cm³/mol. The lowest BCUT2D eigenvalue weighted by atomic mass is 9.98. The van der Waals surface area contributed by atoms with Crippen LogP contribution in [0.1, 0.15) is 42.1 Å². The van der Waals surface area contributed by atoms with E-state index in [1.54, 1.807) is 0 Å². The van der Waals surface area contributed by atoms with Gasteiger partial charge in [0.1, 0.15) is 5.82 Å². The first-order valence-electron chi connectivity index (χ1n) is 8.17. The molecule has 0 aliphatic carbocycles. The first-order valence-corrected chi connectivity index (χ1v) is 8.17. The van der Waals surface area contributed by atoms with Crippen molar-refractivity contribution in [3.63, 3.8) is 0 Å². The molecule has 1 N–H and O–H groups in total. The Kier molecular flexibility index (Phi) is 6.60. The number of hydrogen-bond acceptors (Lipinski definition) is 4. The lowest BCUT2D eigenvalue weighted by Gasteiger charge is -2.11. The summed E-state index contributed by atoms with van der Waals surface area (Å²) in [5.74, 6) is -2.34. The van der Waals surface area contributed by atoms with Gasteiger partial charge in [-0.3, -0.25) is 14.4 Å². The van der Waals surface area contributed by atoms with Crippen LogP contribution in [0.5, 0.6) is 0 Å². The summed E-state index contributed by atoms with van der Waals surface area (Å²) < 4.78 is 19.0. The third-order valence-electron chi connectivity index (χ3n) is 3.80. The minimum absolute atomic E-state index is 0.0486. The van der Waals surface area contributed by atoms with E-state index < -0.39 is 24.2 Å². The van der Waals surface area contributed by atoms with Gasteiger partial charge in [0.05, 0.1) is 12.0 Å². The number of ketones is 1. The first kappa shape index (κ1) is 19.3. The summed E-state index contributed by atoms with van der Waals surface area (Å²) in [6.45, 7) is 2.66. The minimum atomic E-state index is -0.782. The number of anilines is 1. The van der Waals surface area contributed by atoms with Crippen LogP contribution >= 0.6 is 0 Å². The molecule has 0 unspecified atom stereocenters. The monoisotopic (exact) mass is 357 g/mol. The SMILES string of the molecule is CC(=O)Nc1ccc(C(=O)COC(=O)C[C@@H](C)c2ccccc2)c(F)c1. The largest absolute Gasteiger partial charge is 0.457 e. The quantitative estimate of drug-likeness (QED) is 0.606. The van der Waals surface area contributed by atoms with Crippen molar-refractivity contribution in [3.8, 4) is 0 Å². The number of Topliss-reactive ketones (excluding diaryl/α,β-unsaturated/α-hetero) is 1. The fourth-order valence-corrected chi connectivity index (χ4v) is 2.45. The van der Waals surface area contributed by atoms with E-state index >= 15 is 0 Å². The van der Waals surface area contributed by atoms with E-state index in [2.05, 4.69) is 5.32 Å². The van der Waals surface area contributed by atoms with Crippen LogP contribution in [0.4, 0.5) is 10.1 Å². The highest BCUT2D eigenvalue weighted by atomic mass is 19.1. The first-order chi connectivity index (χ1) is 12.4. The van der Waals surface area contributed by atoms with Crippen molar-refractivity contribution >= 4 is 23.3 Å². The number of nitrogens with one attached hydrogen (secondary N) is 1. The summed E-state index contributed by atoms with van der Waals surface area (Å²) in [4.78, 5) is 34.9. The Labute approximate surface area is 151 Å². The maximum Gasteiger partial charge on any atom is 0.306 e. The second-order valence-electron chi connectivity index (χ2n) is 5.98. The zero-order valence-corrected chi connectivity index (χ0v) is 14.6. The van der Waals surface area contributed by atoms with Gasteiger partial charge in [-0.25, -0.2) is 4.39 Å². The molecule has 0 aromatic heterocycles. The van der Waals surface area contributed by atoms with E-state index in [0.29, 0.717) is 0 Å². The Morgan fingerprint density at radius 1 is 1.12 bits per heavy atom. The van der Waals surface area contributed by atoms with Crippen molar-refractivity contribution in [3.05, 3.63) is 65.5 Å². The van der Waals surface area contributed by atoms with Gasteiger partial charge in [-0.2, -0.15) is 0 Å². The van der Waals surface area contributed by atoms with Gasteiger partial charge in [0.2, 0.25) is 11.7 Å². The van der Waals surface area contributed by atoms with Crippen LogP contribution in [0.15, 0.2) is 48.5 Å². The molecule has 2 aromatic rings. The van der Waals surface area contributed by atoms with Gasteiger partial charge in [-0.15, -0.1) is 0 Å². The van der Waals surface area contributed by atoms with Crippen LogP contribution in [0.3, 0.4) is 0 Å². The predicted octanol–water partition coefficient (Wildman–Crippen LogP) is 3.70. The molecular formula is C20H20FNO4. The molecule has 2 aromatic carbocycles. The minimum Gasteiger partial charge on any atom is -0.457 e. The highest BCUT2D eigenvalue weighted by Gasteiger charge is 2.17. The van der Waals surface area contributed by atoms with Crippen LogP contribution in [0.2, 0.25) is 0 Å². The zero-order valence-electron chi connectivity index (χ0n) is 14.6. The number of benzene rings is 2. The molecule has 0 saturated carbocycles. The summed E-state index contributed by atoms with van der Waals surface area (Å²) >= 11 is 0. The topological polar surface area (TPSA) is 72.5 Å². The van der Waals surface area contributed by atoms with Gasteiger partial charge in [0, 0.05) is 12.6 Å². The standard InChI is InChI=1S/C20H20FNO4/c1-13(15-6-4-3-5-7-15)10-20(25)26-12-19(24)17-9-8-16(11-18(17)21)22-14(2)23/h3-9,11,13H,10,12H2,1-2H3,(H,22,23)/t13-/m1/s1. The normalized spacial score (nSPS) is 11.5. The average Bonchev–Trinajstić information content (AvgIpc) is 2.60. The molecule has 0 heterocycles. The zero-order chi connectivity index (χ0) is 19.1. The second-order valence-corrected chi connectivity index (χ2v) is 5.98. The van der Waals surface area contributed by atoms with Crippen molar-refractivity contribution in [1.29, 1.82) is 0 Å². The highest BCUT2D eigenvalue weighted by Crippen LogP contribution is 2.19. The van der Waals surface area contributed by atoms with Crippen LogP contribution in [0.25, 0.3) is 0 Å². The Morgan fingerprint density at radius 2 is 1.81 bits per heavy atom. The number of amides is 1. The average molecular weight is 357 g/mol. The molecule has 0 bridgehead atoms. The van der Waals surface area contributed by atoms with Crippen LogP contribution in [-0.2, 0) is 14.3 Å². The van der Waals surface area contributed by atoms with Gasteiger partial charge in [0.15, 0.2) is 6.61 Å². The molecular weight excluding hydrogens is 337 g/mol. The molecule has 26 heavy (non-hydrogen) atoms. The molecule has 1 atom stereocenters. The van der Waals surface area contributed by atoms with Crippen molar-refractivity contribution in [2.75, 3.05) is 11.9 Å². The molecule has 5 nitrogen and oxygen atoms in total. The van der Waals surface area contributed by atoms with Gasteiger partial charge < -0.3 is 10.1 Å². The van der Waals surface area contributed by atoms with Crippen molar-refractivity contribution in [1.82, 2.24) is 0 Å². The molecule has 0 spiro atoms. The highest BCUT2D eigenvalue weighted by molar-refractivity contribution is 5.99. The summed E-state index contributed by atoms with van der Waals surface area (Å²) in [7, 11) is 0. The Bertz CT molecular complexity index is 805. The second kappa shape index (κ2) is 8.89. The number of carbonyl (C=O) groups is 3. The van der Waals surface area contributed by atoms with Crippen molar-refractivity contribution < 1.29 is 23.5 Å². The fraction of sp³-hybridized carbons (Fsp3) is 0.250. The molecule has 0 saturated heterocycles. The number of carbonyl (C=O) groups excluding carboxylic acids is 3. The fourth-order valence-electron chi connectivity index (χ4n) is 2.45. The Hall–Kier alpha value is -3.02. The maximum absolute atomic E-state index is 14.0. The van der Waals surface area contributed by atoms with Gasteiger partial charge >= 0.3 is 5.97 Å². The summed E-state index contributed by atoms with van der Waals surface area (Å²) in [5.41, 5.74) is 1.05. The van der Waals surface area contributed by atoms with Crippen LogP contribution in [-0.4, -0.2) is 24.3 Å². The molecule has 0 aliphatic rings. The molecule has 0 radical (unpaired) electrons. The Morgan fingerprint density at radius 3 is 2.42 bits per heavy atom. The molecule has 2 rings (SSSR count). The third-order valence-corrected chi connectivity index (χ3v) is 3.80. The molecule has 1 amide bonds. The lowest BCUT2D eigenvalue weighted by molar-refractivity contribution is -0.142. The van der Waals surface area contributed by atoms with E-state index in [-0.39, 0.29) is 29.5 Å². The molecule has 6 heteroatoms. The maximum atomic E-state index is 14.0. The Balaban J connectivity index is 1.89. The van der Waals surface area contributed by atoms with E-state index in [0.717, 1.165) is 11.6 Å². The van der Waals surface area contributed by atoms with Crippen molar-refractivity contribution in [2.24, 2.45) is 0 Å². The van der Waals surface area contributed by atoms with Crippen LogP contribution < -0.4 is 5.32 Å². The summed E-state index contributed by atoms with van der Waals surface area (Å²) in [6.07, 6.45) is 0.126. The smallest absolute Gasteiger partial charge is 0.306 e. The van der Waals surface area contributed by atoms with Gasteiger partial charge in [-0.05, 0) is 29.7 Å². The number of rotatable bonds is 7.